The van der Waals surface area contributed by atoms with Gasteiger partial charge in [-0.1, -0.05) is 33.1 Å². The fourth-order valence-electron chi connectivity index (χ4n) is 1.65. The second-order valence-corrected chi connectivity index (χ2v) is 6.18. The average Bonchev–Trinajstić information content (AvgIpc) is 2.87. The van der Waals surface area contributed by atoms with Crippen LogP contribution in [0.3, 0.4) is 0 Å². The first-order valence-corrected chi connectivity index (χ1v) is 7.22. The third-order valence-electron chi connectivity index (χ3n) is 2.73. The summed E-state index contributed by atoms with van der Waals surface area (Å²) in [7, 11) is 0.459. The van der Waals surface area contributed by atoms with Crippen LogP contribution in [0.4, 0.5) is 0 Å². The molecule has 12 heavy (non-hydrogen) atoms. The second-order valence-electron chi connectivity index (χ2n) is 3.91. The predicted octanol–water partition coefficient (Wildman–Crippen LogP) is 3.89. The van der Waals surface area contributed by atoms with Crippen LogP contribution in [0.1, 0.15) is 46.0 Å². The van der Waals surface area contributed by atoms with Gasteiger partial charge in [0, 0.05) is 0 Å². The van der Waals surface area contributed by atoms with E-state index in [1.54, 1.807) is 6.16 Å². The highest BCUT2D eigenvalue weighted by atomic mass is 31.1. The molecule has 0 fully saturated rings. The van der Waals surface area contributed by atoms with Crippen molar-refractivity contribution in [1.29, 1.82) is 0 Å². The predicted molar refractivity (Wildman–Crippen MR) is 60.6 cm³/mol. The fraction of sp³-hybridized carbons (Fsp3) is 0.909. The lowest BCUT2D eigenvalue weighted by atomic mass is 10.0. The van der Waals surface area contributed by atoms with Gasteiger partial charge in [0.05, 0.1) is 0 Å². The molecule has 0 aromatic rings. The van der Waals surface area contributed by atoms with Crippen LogP contribution in [-0.2, 0) is 0 Å². The summed E-state index contributed by atoms with van der Waals surface area (Å²) >= 11 is 0. The lowest BCUT2D eigenvalue weighted by Crippen LogP contribution is -2.00. The van der Waals surface area contributed by atoms with Crippen LogP contribution < -0.4 is 0 Å². The Kier molecular flexibility index (Phi) is 4.92. The SMILES string of the molecule is CCCCCC(CC)C[P+]1=CC1. The minimum atomic E-state index is 0.459. The molecule has 1 aliphatic heterocycles. The molecule has 0 aromatic heterocycles. The van der Waals surface area contributed by atoms with Crippen molar-refractivity contribution in [2.75, 3.05) is 12.3 Å². The first-order valence-electron chi connectivity index (χ1n) is 5.44. The zero-order valence-corrected chi connectivity index (χ0v) is 9.45. The van der Waals surface area contributed by atoms with Crippen molar-refractivity contribution in [2.24, 2.45) is 5.92 Å². The van der Waals surface area contributed by atoms with Crippen LogP contribution in [0.25, 0.3) is 0 Å². The molecule has 1 aliphatic rings. The van der Waals surface area contributed by atoms with Crippen LogP contribution >= 0.6 is 7.55 Å². The monoisotopic (exact) mass is 185 g/mol. The maximum absolute atomic E-state index is 2.53. The molecule has 0 saturated carbocycles. The van der Waals surface area contributed by atoms with Gasteiger partial charge in [0.15, 0.2) is 6.16 Å². The van der Waals surface area contributed by atoms with E-state index in [2.05, 4.69) is 19.6 Å². The Labute approximate surface area is 78.1 Å². The van der Waals surface area contributed by atoms with E-state index in [1.165, 1.54) is 38.3 Å². The Morgan fingerprint density at radius 1 is 1.33 bits per heavy atom. The summed E-state index contributed by atoms with van der Waals surface area (Å²) in [6.07, 6.45) is 10.2. The standard InChI is InChI=1S/C11H22P/c1-3-5-6-7-11(4-2)10-12-8-9-12/h8,11H,3-7,9-10H2,1-2H3/q+1. The van der Waals surface area contributed by atoms with Crippen molar-refractivity contribution in [3.05, 3.63) is 0 Å². The maximum Gasteiger partial charge on any atom is 0.162 e. The molecule has 0 aliphatic carbocycles. The van der Waals surface area contributed by atoms with Gasteiger partial charge in [-0.3, -0.25) is 0 Å². The highest BCUT2D eigenvalue weighted by Crippen LogP contribution is 2.37. The lowest BCUT2D eigenvalue weighted by molar-refractivity contribution is 0.489. The van der Waals surface area contributed by atoms with Gasteiger partial charge in [0.2, 0.25) is 0 Å². The molecule has 0 aromatic carbocycles. The van der Waals surface area contributed by atoms with E-state index in [0.717, 1.165) is 5.92 Å². The smallest absolute Gasteiger partial charge is 0.0654 e. The third-order valence-corrected chi connectivity index (χ3v) is 4.59. The highest BCUT2D eigenvalue weighted by Gasteiger charge is 2.25. The summed E-state index contributed by atoms with van der Waals surface area (Å²) in [5.74, 6) is 3.58. The van der Waals surface area contributed by atoms with Gasteiger partial charge in [0.1, 0.15) is 19.5 Å². The third kappa shape index (κ3) is 4.26. The van der Waals surface area contributed by atoms with E-state index in [0.29, 0.717) is 7.55 Å². The number of hydrogen-bond donors (Lipinski definition) is 0. The Balaban J connectivity index is 2.03. The van der Waals surface area contributed by atoms with E-state index in [-0.39, 0.29) is 0 Å². The molecule has 1 rings (SSSR count). The van der Waals surface area contributed by atoms with E-state index in [1.807, 2.05) is 0 Å². The summed E-state index contributed by atoms with van der Waals surface area (Å²) in [6.45, 7) is 4.65. The molecule has 0 saturated heterocycles. The molecule has 2 atom stereocenters. The lowest BCUT2D eigenvalue weighted by Gasteiger charge is -2.08. The Bertz CT molecular complexity index is 149. The molecule has 0 amide bonds. The second kappa shape index (κ2) is 5.75. The van der Waals surface area contributed by atoms with Crippen LogP contribution in [-0.4, -0.2) is 18.1 Å². The van der Waals surface area contributed by atoms with Gasteiger partial charge in [-0.25, -0.2) is 0 Å². The van der Waals surface area contributed by atoms with Gasteiger partial charge in [-0.15, -0.1) is 0 Å². The minimum absolute atomic E-state index is 0.459. The van der Waals surface area contributed by atoms with Crippen molar-refractivity contribution in [3.63, 3.8) is 0 Å². The zero-order chi connectivity index (χ0) is 8.81. The summed E-state index contributed by atoms with van der Waals surface area (Å²) in [4.78, 5) is 0. The van der Waals surface area contributed by atoms with Crippen LogP contribution in [0, 0.1) is 5.92 Å². The quantitative estimate of drug-likeness (QED) is 0.417. The Hall–Kier alpha value is 0.170. The molecule has 0 bridgehead atoms. The molecular formula is C11H22P+. The van der Waals surface area contributed by atoms with Crippen molar-refractivity contribution >= 4 is 13.3 Å². The summed E-state index contributed by atoms with van der Waals surface area (Å²) in [6, 6.07) is 0. The van der Waals surface area contributed by atoms with Gasteiger partial charge in [0.25, 0.3) is 0 Å². The first kappa shape index (κ1) is 10.3. The van der Waals surface area contributed by atoms with E-state index < -0.39 is 0 Å². The molecule has 2 unspecified atom stereocenters. The largest absolute Gasteiger partial charge is 0.162 e. The van der Waals surface area contributed by atoms with E-state index >= 15 is 0 Å². The molecule has 0 N–H and O–H groups in total. The molecule has 0 nitrogen and oxygen atoms in total. The molecule has 70 valence electrons. The van der Waals surface area contributed by atoms with Gasteiger partial charge in [-0.2, -0.15) is 0 Å². The van der Waals surface area contributed by atoms with Crippen LogP contribution in [0.5, 0.6) is 0 Å². The first-order chi connectivity index (χ1) is 5.86. The molecular weight excluding hydrogens is 163 g/mol. The van der Waals surface area contributed by atoms with E-state index in [9.17, 15) is 0 Å². The van der Waals surface area contributed by atoms with E-state index in [4.69, 9.17) is 0 Å². The maximum atomic E-state index is 2.53. The van der Waals surface area contributed by atoms with Crippen molar-refractivity contribution in [3.8, 4) is 0 Å². The van der Waals surface area contributed by atoms with Crippen LogP contribution in [0.2, 0.25) is 0 Å². The fourth-order valence-corrected chi connectivity index (χ4v) is 3.51. The Morgan fingerprint density at radius 2 is 2.08 bits per heavy atom. The average molecular weight is 185 g/mol. The normalized spacial score (nSPS) is 20.3. The number of rotatable bonds is 7. The molecule has 0 radical (unpaired) electrons. The number of hydrogen-bond acceptors (Lipinski definition) is 0. The van der Waals surface area contributed by atoms with Gasteiger partial charge < -0.3 is 0 Å². The molecule has 1 heterocycles. The number of unbranched alkanes of at least 4 members (excludes halogenated alkanes) is 2. The molecule has 0 spiro atoms. The minimum Gasteiger partial charge on any atom is -0.0654 e. The van der Waals surface area contributed by atoms with Crippen molar-refractivity contribution < 1.29 is 0 Å². The Morgan fingerprint density at radius 3 is 2.58 bits per heavy atom. The summed E-state index contributed by atoms with van der Waals surface area (Å²) < 4.78 is 0. The highest BCUT2D eigenvalue weighted by molar-refractivity contribution is 7.67. The zero-order valence-electron chi connectivity index (χ0n) is 8.55. The summed E-state index contributed by atoms with van der Waals surface area (Å²) in [5.41, 5.74) is 0. The summed E-state index contributed by atoms with van der Waals surface area (Å²) in [5, 5.41) is 0. The van der Waals surface area contributed by atoms with Crippen molar-refractivity contribution in [1.82, 2.24) is 0 Å². The molecule has 1 heteroatoms. The van der Waals surface area contributed by atoms with Gasteiger partial charge >= 0.3 is 0 Å². The van der Waals surface area contributed by atoms with Crippen LogP contribution in [0.15, 0.2) is 0 Å². The topological polar surface area (TPSA) is 0 Å². The van der Waals surface area contributed by atoms with Gasteiger partial charge in [-0.05, 0) is 18.8 Å². The van der Waals surface area contributed by atoms with Crippen molar-refractivity contribution in [2.45, 2.75) is 46.0 Å².